The molecule has 0 aliphatic rings. The zero-order valence-electron chi connectivity index (χ0n) is 38.0. The van der Waals surface area contributed by atoms with Crippen LogP contribution in [0.2, 0.25) is 0 Å². The molecule has 29 heteroatoms. The van der Waals surface area contributed by atoms with Crippen LogP contribution in [0.25, 0.3) is 0 Å². The van der Waals surface area contributed by atoms with Gasteiger partial charge in [0.2, 0.25) is 0 Å². The van der Waals surface area contributed by atoms with Crippen LogP contribution < -0.4 is 21.3 Å². The number of unbranched alkanes of at least 4 members (excludes halogenated alkanes) is 2. The number of amides is 4. The highest BCUT2D eigenvalue weighted by molar-refractivity contribution is 8.77. The Balaban J connectivity index is 5.58. The van der Waals surface area contributed by atoms with Gasteiger partial charge in [-0.3, -0.25) is 0 Å². The molecule has 6 unspecified atom stereocenters. The summed E-state index contributed by atoms with van der Waals surface area (Å²) in [5.41, 5.74) is 0. The lowest BCUT2D eigenvalue weighted by Crippen LogP contribution is -2.42. The Hall–Kier alpha value is -2.28. The van der Waals surface area contributed by atoms with E-state index >= 15 is 0 Å². The maximum absolute atomic E-state index is 12.4. The van der Waals surface area contributed by atoms with Crippen LogP contribution in [-0.2, 0) is 42.9 Å². The van der Waals surface area contributed by atoms with Gasteiger partial charge in [-0.15, -0.1) is 0 Å². The minimum absolute atomic E-state index is 0.0147. The molecule has 0 heterocycles. The van der Waals surface area contributed by atoms with E-state index in [0.717, 1.165) is 0 Å². The molecule has 0 aromatic heterocycles. The first kappa shape index (κ1) is 64.7. The second-order valence-corrected chi connectivity index (χ2v) is 24.5. The van der Waals surface area contributed by atoms with Crippen molar-refractivity contribution in [2.45, 2.75) is 88.4 Å². The number of carbonyl (C=O) groups is 8. The summed E-state index contributed by atoms with van der Waals surface area (Å²) in [6, 6.07) is -4.44. The van der Waals surface area contributed by atoms with Crippen molar-refractivity contribution in [3.8, 4) is 0 Å². The molecule has 0 rings (SSSR count). The molecule has 8 N–H and O–H groups in total. The molecular formula is C38H66N4O17S8. The quantitative estimate of drug-likeness (QED) is 0.0175. The van der Waals surface area contributed by atoms with Crippen LogP contribution in [0.4, 0.5) is 19.2 Å². The Morgan fingerprint density at radius 3 is 0.866 bits per heavy atom. The number of alkyl carbamates (subject to hydrolysis) is 4. The molecule has 0 aromatic carbocycles. The normalized spacial score (nSPS) is 13.7. The average Bonchev–Trinajstić information content (AvgIpc) is 3.28. The van der Waals surface area contributed by atoms with Gasteiger partial charge in [0.25, 0.3) is 0 Å². The average molecular weight is 1110 g/mol. The number of carbonyl (C=O) groups excluding carboxylic acids is 4. The fourth-order valence-corrected chi connectivity index (χ4v) is 10.7. The Labute approximate surface area is 423 Å². The number of ether oxygens (including phenoxy) is 5. The zero-order valence-corrected chi connectivity index (χ0v) is 44.5. The maximum atomic E-state index is 12.4. The summed E-state index contributed by atoms with van der Waals surface area (Å²) in [4.78, 5) is 95.3. The van der Waals surface area contributed by atoms with Gasteiger partial charge in [-0.25, -0.2) is 38.4 Å². The van der Waals surface area contributed by atoms with Crippen molar-refractivity contribution >= 4 is 135 Å². The molecule has 0 aliphatic carbocycles. The largest absolute Gasteiger partial charge is 0.480 e. The number of rotatable bonds is 42. The lowest BCUT2D eigenvalue weighted by atomic mass is 9.96. The molecule has 388 valence electrons. The van der Waals surface area contributed by atoms with Crippen LogP contribution in [0, 0.1) is 11.8 Å². The minimum Gasteiger partial charge on any atom is -0.480 e. The highest BCUT2D eigenvalue weighted by Crippen LogP contribution is 2.22. The first-order valence-corrected chi connectivity index (χ1v) is 31.8. The van der Waals surface area contributed by atoms with Crippen LogP contribution in [0.3, 0.4) is 0 Å². The molecule has 0 saturated heterocycles. The van der Waals surface area contributed by atoms with Crippen molar-refractivity contribution < 1.29 is 82.5 Å². The lowest BCUT2D eigenvalue weighted by Gasteiger charge is -2.21. The molecule has 6 atom stereocenters. The van der Waals surface area contributed by atoms with Gasteiger partial charge in [0, 0.05) is 36.2 Å². The summed E-state index contributed by atoms with van der Waals surface area (Å²) >= 11 is 0. The van der Waals surface area contributed by atoms with Gasteiger partial charge in [-0.05, 0) is 101 Å². The molecule has 67 heavy (non-hydrogen) atoms. The van der Waals surface area contributed by atoms with Crippen LogP contribution >= 0.6 is 86.4 Å². The Morgan fingerprint density at radius 1 is 0.388 bits per heavy atom. The molecule has 4 amide bonds. The van der Waals surface area contributed by atoms with Gasteiger partial charge in [0.1, 0.15) is 24.2 Å². The van der Waals surface area contributed by atoms with E-state index in [9.17, 15) is 58.8 Å². The van der Waals surface area contributed by atoms with E-state index in [1.807, 2.05) is 0 Å². The molecule has 0 saturated carbocycles. The fraction of sp³-hybridized carbons (Fsp3) is 0.789. The maximum Gasteiger partial charge on any atom is 0.407 e. The minimum atomic E-state index is -1.18. The predicted molar refractivity (Wildman–Crippen MR) is 271 cm³/mol. The number of hydrogen-bond donors (Lipinski definition) is 8. The van der Waals surface area contributed by atoms with Crippen LogP contribution in [0.15, 0.2) is 0 Å². The van der Waals surface area contributed by atoms with Gasteiger partial charge < -0.3 is 65.4 Å². The smallest absolute Gasteiger partial charge is 0.407 e. The van der Waals surface area contributed by atoms with E-state index in [0.29, 0.717) is 77.4 Å². The number of nitrogens with one attached hydrogen (secondary N) is 4. The summed E-state index contributed by atoms with van der Waals surface area (Å²) in [7, 11) is 10.6. The predicted octanol–water partition coefficient (Wildman–Crippen LogP) is 6.90. The van der Waals surface area contributed by atoms with Crippen molar-refractivity contribution in [3.63, 3.8) is 0 Å². The first-order chi connectivity index (χ1) is 32.1. The van der Waals surface area contributed by atoms with Gasteiger partial charge in [-0.2, -0.15) is 0 Å². The standard InChI is InChI=1S/C38H66N4O17S8/c1-60-64-21-27(31(43)44)39-35(51)56-15-7-5-11-25(13-9-17-58-37(53)41-29(33(47)48)23-66-62-3)19-55-20-26(14-10-18-59-38(54)42-30(34(49)50)24-67-63-4)12-6-8-16-57-36(52)40-28(32(45)46)22-65-61-2/h25-30H,5-24H2,1-4H3,(H,39,51)(H,40,52)(H,41,53)(H,42,54)(H,43,44)(H,45,46)(H,47,48)(H,49,50). The topological polar surface area (TPSA) is 312 Å². The monoisotopic (exact) mass is 1110 g/mol. The molecule has 21 nitrogen and oxygen atoms in total. The van der Waals surface area contributed by atoms with E-state index in [2.05, 4.69) is 21.3 Å². The molecule has 0 aliphatic heterocycles. The lowest BCUT2D eigenvalue weighted by molar-refractivity contribution is -0.139. The highest BCUT2D eigenvalue weighted by atomic mass is 33.1. The van der Waals surface area contributed by atoms with Crippen LogP contribution in [0.5, 0.6) is 0 Å². The SMILES string of the molecule is CSSCC(NC(=O)OCCCCC(CCCOC(=O)NC(CSSC)C(=O)O)COCC(CCCCOC(=O)NC(CSSC)C(=O)O)CCCOC(=O)NC(CSSC)C(=O)O)C(=O)O. The first-order valence-electron chi connectivity index (χ1n) is 20.9. The van der Waals surface area contributed by atoms with Gasteiger partial charge in [0.15, 0.2) is 0 Å². The zero-order chi connectivity index (χ0) is 50.2. The third kappa shape index (κ3) is 36.3. The van der Waals surface area contributed by atoms with Gasteiger partial charge >= 0.3 is 48.3 Å². The van der Waals surface area contributed by atoms with Crippen molar-refractivity contribution in [2.75, 3.05) is 87.7 Å². The Kier molecular flexibility index (Phi) is 41.1. The second kappa shape index (κ2) is 42.6. The van der Waals surface area contributed by atoms with Crippen molar-refractivity contribution in [2.24, 2.45) is 11.8 Å². The van der Waals surface area contributed by atoms with Crippen molar-refractivity contribution in [1.29, 1.82) is 0 Å². The van der Waals surface area contributed by atoms with E-state index < -0.39 is 72.4 Å². The molecule has 0 radical (unpaired) electrons. The molecule has 0 aromatic rings. The summed E-state index contributed by atoms with van der Waals surface area (Å²) in [6.07, 6.45) is 9.21. The van der Waals surface area contributed by atoms with Crippen molar-refractivity contribution in [3.05, 3.63) is 0 Å². The van der Waals surface area contributed by atoms with Gasteiger partial charge in [-0.1, -0.05) is 86.4 Å². The van der Waals surface area contributed by atoms with E-state index in [4.69, 9.17) is 23.7 Å². The van der Waals surface area contributed by atoms with E-state index in [1.54, 1.807) is 25.0 Å². The molecular weight excluding hydrogens is 1040 g/mol. The molecule has 0 bridgehead atoms. The summed E-state index contributed by atoms with van der Waals surface area (Å²) in [5.74, 6) is -4.16. The summed E-state index contributed by atoms with van der Waals surface area (Å²) in [6.45, 7) is 0.723. The third-order valence-electron chi connectivity index (χ3n) is 8.94. The summed E-state index contributed by atoms with van der Waals surface area (Å²) < 4.78 is 27.2. The second-order valence-electron chi connectivity index (χ2n) is 14.0. The third-order valence-corrected chi connectivity index (χ3v) is 16.2. The van der Waals surface area contributed by atoms with Crippen LogP contribution in [0.1, 0.15) is 64.2 Å². The number of carboxylic acid groups (broad SMARTS) is 4. The van der Waals surface area contributed by atoms with Gasteiger partial charge in [0.05, 0.1) is 26.4 Å². The molecule has 0 spiro atoms. The number of carboxylic acids is 4. The van der Waals surface area contributed by atoms with E-state index in [-0.39, 0.29) is 61.3 Å². The van der Waals surface area contributed by atoms with E-state index in [1.165, 1.54) is 86.4 Å². The fourth-order valence-electron chi connectivity index (χ4n) is 5.48. The Bertz CT molecular complexity index is 1350. The molecule has 0 fully saturated rings. The van der Waals surface area contributed by atoms with Crippen LogP contribution in [-0.4, -0.2) is 181 Å². The number of aliphatic carboxylic acids is 4. The van der Waals surface area contributed by atoms with Crippen molar-refractivity contribution in [1.82, 2.24) is 21.3 Å². The summed E-state index contributed by atoms with van der Waals surface area (Å²) in [5, 5.41) is 47.0. The number of hydrogen-bond acceptors (Lipinski definition) is 21. The highest BCUT2D eigenvalue weighted by Gasteiger charge is 2.24. The Morgan fingerprint density at radius 2 is 0.627 bits per heavy atom.